The van der Waals surface area contributed by atoms with E-state index in [9.17, 15) is 4.79 Å². The zero-order valence-electron chi connectivity index (χ0n) is 8.63. The first-order valence-corrected chi connectivity index (χ1v) is 5.47. The van der Waals surface area contributed by atoms with E-state index in [0.29, 0.717) is 11.7 Å². The van der Waals surface area contributed by atoms with Crippen molar-refractivity contribution in [3.05, 3.63) is 22.7 Å². The van der Waals surface area contributed by atoms with Crippen molar-refractivity contribution >= 4 is 28.4 Å². The van der Waals surface area contributed by atoms with Crippen molar-refractivity contribution in [2.24, 2.45) is 5.92 Å². The quantitative estimate of drug-likeness (QED) is 0.606. The van der Waals surface area contributed by atoms with Gasteiger partial charge < -0.3 is 0 Å². The van der Waals surface area contributed by atoms with Gasteiger partial charge in [0.2, 0.25) is 0 Å². The fourth-order valence-electron chi connectivity index (χ4n) is 1.06. The van der Waals surface area contributed by atoms with Crippen LogP contribution in [0.1, 0.15) is 36.5 Å². The molecule has 82 valence electrons. The van der Waals surface area contributed by atoms with Gasteiger partial charge in [0.05, 0.1) is 5.56 Å². The molecular weight excluding hydrogens is 235 g/mol. The summed E-state index contributed by atoms with van der Waals surface area (Å²) in [7, 11) is 0. The Hall–Kier alpha value is -0.670. The first-order chi connectivity index (χ1) is 7.00. The van der Waals surface area contributed by atoms with Gasteiger partial charge in [-0.3, -0.25) is 4.79 Å². The van der Waals surface area contributed by atoms with E-state index in [1.54, 1.807) is 0 Å². The Balaban J connectivity index is 2.78. The van der Waals surface area contributed by atoms with Crippen LogP contribution in [0.3, 0.4) is 0 Å². The average molecular weight is 247 g/mol. The molecule has 1 rings (SSSR count). The van der Waals surface area contributed by atoms with Crippen LogP contribution in [0.5, 0.6) is 0 Å². The van der Waals surface area contributed by atoms with E-state index in [1.807, 2.05) is 0 Å². The van der Waals surface area contributed by atoms with Gasteiger partial charge in [-0.05, 0) is 23.9 Å². The summed E-state index contributed by atoms with van der Waals surface area (Å²) < 4.78 is 0. The molecule has 3 nitrogen and oxygen atoms in total. The Kier molecular flexibility index (Phi) is 4.48. The number of halogens is 2. The van der Waals surface area contributed by atoms with E-state index in [2.05, 4.69) is 23.8 Å². The second kappa shape index (κ2) is 5.42. The lowest BCUT2D eigenvalue weighted by atomic mass is 10.1. The van der Waals surface area contributed by atoms with Crippen molar-refractivity contribution < 1.29 is 4.79 Å². The van der Waals surface area contributed by atoms with Crippen LogP contribution in [0.15, 0.2) is 6.20 Å². The number of hydrogen-bond acceptors (Lipinski definition) is 3. The predicted octanol–water partition coefficient (Wildman–Crippen LogP) is 3.10. The topological polar surface area (TPSA) is 42.9 Å². The van der Waals surface area contributed by atoms with E-state index >= 15 is 0 Å². The second-order valence-electron chi connectivity index (χ2n) is 3.70. The van der Waals surface area contributed by atoms with E-state index < -0.39 is 5.24 Å². The SMILES string of the molecule is CC(C)CCc1ncc(C(=O)Cl)c(Cl)n1. The lowest BCUT2D eigenvalue weighted by molar-refractivity contribution is 0.108. The molecule has 0 aliphatic rings. The summed E-state index contributed by atoms with van der Waals surface area (Å²) in [4.78, 5) is 18.9. The van der Waals surface area contributed by atoms with Gasteiger partial charge in [0.25, 0.3) is 5.24 Å². The van der Waals surface area contributed by atoms with Crippen molar-refractivity contribution in [3.8, 4) is 0 Å². The highest BCUT2D eigenvalue weighted by Crippen LogP contribution is 2.15. The molecule has 0 fully saturated rings. The molecule has 0 N–H and O–H groups in total. The number of carbonyl (C=O) groups excluding carboxylic acids is 1. The highest BCUT2D eigenvalue weighted by atomic mass is 35.5. The van der Waals surface area contributed by atoms with Crippen molar-refractivity contribution in [2.45, 2.75) is 26.7 Å². The minimum atomic E-state index is -0.629. The molecule has 0 aromatic carbocycles. The minimum absolute atomic E-state index is 0.128. The predicted molar refractivity (Wildman–Crippen MR) is 60.4 cm³/mol. The summed E-state index contributed by atoms with van der Waals surface area (Å²) in [5, 5.41) is -0.501. The van der Waals surface area contributed by atoms with Crippen LogP contribution >= 0.6 is 23.2 Å². The molecular formula is C10H12Cl2N2O. The number of aryl methyl sites for hydroxylation is 1. The third-order valence-electron chi connectivity index (χ3n) is 1.95. The van der Waals surface area contributed by atoms with Gasteiger partial charge in [0, 0.05) is 12.6 Å². The maximum absolute atomic E-state index is 10.8. The second-order valence-corrected chi connectivity index (χ2v) is 4.40. The highest BCUT2D eigenvalue weighted by Gasteiger charge is 2.10. The van der Waals surface area contributed by atoms with E-state index in [1.165, 1.54) is 6.20 Å². The van der Waals surface area contributed by atoms with E-state index in [4.69, 9.17) is 23.2 Å². The molecule has 1 heterocycles. The Morgan fingerprint density at radius 2 is 2.20 bits per heavy atom. The maximum Gasteiger partial charge on any atom is 0.257 e. The van der Waals surface area contributed by atoms with Crippen molar-refractivity contribution in [1.82, 2.24) is 9.97 Å². The highest BCUT2D eigenvalue weighted by molar-refractivity contribution is 6.68. The summed E-state index contributed by atoms with van der Waals surface area (Å²) >= 11 is 11.1. The fraction of sp³-hybridized carbons (Fsp3) is 0.500. The Morgan fingerprint density at radius 1 is 1.53 bits per heavy atom. The van der Waals surface area contributed by atoms with Gasteiger partial charge in [-0.25, -0.2) is 9.97 Å². The minimum Gasteiger partial charge on any atom is -0.275 e. The molecule has 15 heavy (non-hydrogen) atoms. The van der Waals surface area contributed by atoms with Crippen molar-refractivity contribution in [3.63, 3.8) is 0 Å². The van der Waals surface area contributed by atoms with Crippen LogP contribution in [0.4, 0.5) is 0 Å². The van der Waals surface area contributed by atoms with Gasteiger partial charge in [0.15, 0.2) is 0 Å². The molecule has 1 aromatic heterocycles. The molecule has 0 atom stereocenters. The van der Waals surface area contributed by atoms with Crippen LogP contribution in [-0.2, 0) is 6.42 Å². The van der Waals surface area contributed by atoms with Gasteiger partial charge in [-0.1, -0.05) is 25.4 Å². The lowest BCUT2D eigenvalue weighted by Gasteiger charge is -2.04. The van der Waals surface area contributed by atoms with E-state index in [0.717, 1.165) is 12.8 Å². The van der Waals surface area contributed by atoms with Crippen molar-refractivity contribution in [1.29, 1.82) is 0 Å². The average Bonchev–Trinajstić information content (AvgIpc) is 2.14. The van der Waals surface area contributed by atoms with Gasteiger partial charge in [-0.2, -0.15) is 0 Å². The zero-order valence-corrected chi connectivity index (χ0v) is 10.1. The van der Waals surface area contributed by atoms with Crippen LogP contribution < -0.4 is 0 Å². The Labute approximate surface area is 98.8 Å². The summed E-state index contributed by atoms with van der Waals surface area (Å²) in [5.74, 6) is 1.23. The molecule has 0 radical (unpaired) electrons. The van der Waals surface area contributed by atoms with Gasteiger partial charge in [0.1, 0.15) is 11.0 Å². The molecule has 0 saturated carbocycles. The normalized spacial score (nSPS) is 10.7. The third-order valence-corrected chi connectivity index (χ3v) is 2.44. The molecule has 1 aromatic rings. The summed E-state index contributed by atoms with van der Waals surface area (Å²) in [6, 6.07) is 0. The number of hydrogen-bond donors (Lipinski definition) is 0. The molecule has 0 aliphatic carbocycles. The van der Waals surface area contributed by atoms with E-state index in [-0.39, 0.29) is 10.7 Å². The van der Waals surface area contributed by atoms with Gasteiger partial charge in [-0.15, -0.1) is 0 Å². The fourth-order valence-corrected chi connectivity index (χ4v) is 1.48. The number of rotatable bonds is 4. The third kappa shape index (κ3) is 3.76. The summed E-state index contributed by atoms with van der Waals surface area (Å²) in [6.45, 7) is 4.25. The molecule has 0 unspecified atom stereocenters. The monoisotopic (exact) mass is 246 g/mol. The van der Waals surface area contributed by atoms with Crippen LogP contribution in [0, 0.1) is 5.92 Å². The first kappa shape index (κ1) is 12.4. The molecule has 5 heteroatoms. The number of aromatic nitrogens is 2. The number of nitrogens with zero attached hydrogens (tertiary/aromatic N) is 2. The van der Waals surface area contributed by atoms with Gasteiger partial charge >= 0.3 is 0 Å². The maximum atomic E-state index is 10.8. The number of carbonyl (C=O) groups is 1. The summed E-state index contributed by atoms with van der Waals surface area (Å²) in [6.07, 6.45) is 3.12. The smallest absolute Gasteiger partial charge is 0.257 e. The largest absolute Gasteiger partial charge is 0.275 e. The first-order valence-electron chi connectivity index (χ1n) is 4.72. The van der Waals surface area contributed by atoms with Crippen LogP contribution in [0.25, 0.3) is 0 Å². The Bertz CT molecular complexity index is 366. The standard InChI is InChI=1S/C10H12Cl2N2O/c1-6(2)3-4-8-13-5-7(10(12)15)9(11)14-8/h5-6H,3-4H2,1-2H3. The van der Waals surface area contributed by atoms with Crippen LogP contribution in [0.2, 0.25) is 5.15 Å². The Morgan fingerprint density at radius 3 is 2.67 bits per heavy atom. The lowest BCUT2D eigenvalue weighted by Crippen LogP contribution is -2.02. The molecule has 0 bridgehead atoms. The molecule has 0 saturated heterocycles. The van der Waals surface area contributed by atoms with Crippen LogP contribution in [-0.4, -0.2) is 15.2 Å². The molecule has 0 aliphatic heterocycles. The summed E-state index contributed by atoms with van der Waals surface area (Å²) in [5.41, 5.74) is 0.159. The molecule has 0 amide bonds. The zero-order chi connectivity index (χ0) is 11.4. The molecule has 0 spiro atoms. The van der Waals surface area contributed by atoms with Crippen molar-refractivity contribution in [2.75, 3.05) is 0 Å².